The number of pyridine rings is 1. The first-order chi connectivity index (χ1) is 7.82. The minimum Gasteiger partial charge on any atom is -0.362 e. The Balaban J connectivity index is 3.07. The highest BCUT2D eigenvalue weighted by Gasteiger charge is 2.35. The van der Waals surface area contributed by atoms with Crippen molar-refractivity contribution >= 4 is 29.0 Å². The lowest BCUT2D eigenvalue weighted by atomic mass is 10.1. The third kappa shape index (κ3) is 3.64. The summed E-state index contributed by atoms with van der Waals surface area (Å²) in [6, 6.07) is 2.19. The summed E-state index contributed by atoms with van der Waals surface area (Å²) in [7, 11) is 0. The highest BCUT2D eigenvalue weighted by Crippen LogP contribution is 2.34. The fraction of sp³-hybridized carbons (Fsp3) is 0.500. The molecule has 0 saturated heterocycles. The molecule has 0 unspecified atom stereocenters. The van der Waals surface area contributed by atoms with Crippen molar-refractivity contribution in [1.82, 2.24) is 4.98 Å². The average molecular weight is 287 g/mol. The summed E-state index contributed by atoms with van der Waals surface area (Å²) in [5.74, 6) is -0.113. The number of aromatic nitrogens is 1. The molecule has 0 spiro atoms. The second kappa shape index (κ2) is 5.31. The van der Waals surface area contributed by atoms with E-state index >= 15 is 0 Å². The van der Waals surface area contributed by atoms with E-state index in [1.807, 2.05) is 0 Å². The van der Waals surface area contributed by atoms with Gasteiger partial charge < -0.3 is 5.32 Å². The lowest BCUT2D eigenvalue weighted by Gasteiger charge is -2.28. The molecule has 0 atom stereocenters. The number of alkyl halides is 5. The van der Waals surface area contributed by atoms with Gasteiger partial charge in [-0.2, -0.15) is 13.2 Å². The Morgan fingerprint density at radius 2 is 1.88 bits per heavy atom. The van der Waals surface area contributed by atoms with E-state index in [-0.39, 0.29) is 17.6 Å². The van der Waals surface area contributed by atoms with E-state index in [9.17, 15) is 13.2 Å². The fourth-order valence-electron chi connectivity index (χ4n) is 1.12. The van der Waals surface area contributed by atoms with Crippen LogP contribution in [0.4, 0.5) is 19.0 Å². The first-order valence-corrected chi connectivity index (χ1v) is 5.81. The Kier molecular flexibility index (Phi) is 4.49. The third-order valence-electron chi connectivity index (χ3n) is 2.12. The number of rotatable bonds is 4. The molecule has 0 bridgehead atoms. The maximum Gasteiger partial charge on any atom is 0.419 e. The van der Waals surface area contributed by atoms with Gasteiger partial charge in [-0.05, 0) is 19.1 Å². The molecular formula is C10H11Cl2F3N2. The molecule has 17 heavy (non-hydrogen) atoms. The Labute approximate surface area is 107 Å². The first kappa shape index (κ1) is 14.4. The van der Waals surface area contributed by atoms with E-state index in [4.69, 9.17) is 23.2 Å². The summed E-state index contributed by atoms with van der Waals surface area (Å²) in [6.45, 7) is 1.63. The number of nitrogens with zero attached hydrogens (tertiary/aromatic N) is 1. The van der Waals surface area contributed by atoms with Gasteiger partial charge in [-0.3, -0.25) is 0 Å². The second-order valence-corrected chi connectivity index (χ2v) is 4.38. The van der Waals surface area contributed by atoms with Gasteiger partial charge >= 0.3 is 6.18 Å². The molecule has 1 aromatic rings. The number of anilines is 1. The Morgan fingerprint density at radius 1 is 1.29 bits per heavy atom. The van der Waals surface area contributed by atoms with Crippen molar-refractivity contribution in [1.29, 1.82) is 0 Å². The predicted octanol–water partition coefficient (Wildman–Crippen LogP) is 3.75. The smallest absolute Gasteiger partial charge is 0.362 e. The number of hydrogen-bond donors (Lipinski definition) is 1. The molecule has 0 aromatic carbocycles. The molecule has 0 radical (unpaired) electrons. The molecule has 0 amide bonds. The van der Waals surface area contributed by atoms with Crippen LogP contribution in [0.25, 0.3) is 0 Å². The Morgan fingerprint density at radius 3 is 2.35 bits per heavy atom. The van der Waals surface area contributed by atoms with Crippen LogP contribution in [0.1, 0.15) is 12.5 Å². The summed E-state index contributed by atoms with van der Waals surface area (Å²) in [4.78, 5) is 3.68. The van der Waals surface area contributed by atoms with E-state index < -0.39 is 17.3 Å². The van der Waals surface area contributed by atoms with Crippen LogP contribution in [0.15, 0.2) is 18.3 Å². The standard InChI is InChI=1S/C10H11Cl2F3N2/c1-9(5-11,6-12)17-8-7(10(13,14)15)3-2-4-16-8/h2-4H,5-6H2,1H3,(H,16,17). The monoisotopic (exact) mass is 286 g/mol. The zero-order valence-corrected chi connectivity index (χ0v) is 10.5. The molecule has 1 heterocycles. The highest BCUT2D eigenvalue weighted by molar-refractivity contribution is 6.22. The van der Waals surface area contributed by atoms with Crippen molar-refractivity contribution in [3.63, 3.8) is 0 Å². The normalized spacial score (nSPS) is 12.6. The fourth-order valence-corrected chi connectivity index (χ4v) is 1.54. The SMILES string of the molecule is CC(CCl)(CCl)Nc1ncccc1C(F)(F)F. The van der Waals surface area contributed by atoms with E-state index in [2.05, 4.69) is 10.3 Å². The lowest BCUT2D eigenvalue weighted by Crippen LogP contribution is -2.39. The molecule has 1 rings (SSSR count). The summed E-state index contributed by atoms with van der Waals surface area (Å²) in [6.07, 6.45) is -3.18. The topological polar surface area (TPSA) is 24.9 Å². The number of halogens is 5. The maximum atomic E-state index is 12.7. The minimum absolute atomic E-state index is 0.0738. The van der Waals surface area contributed by atoms with Gasteiger partial charge in [-0.15, -0.1) is 23.2 Å². The van der Waals surface area contributed by atoms with Crippen LogP contribution in [-0.4, -0.2) is 22.3 Å². The molecule has 0 aliphatic heterocycles. The van der Waals surface area contributed by atoms with Crippen LogP contribution in [0.5, 0.6) is 0 Å². The summed E-state index contributed by atoms with van der Waals surface area (Å²) >= 11 is 11.3. The van der Waals surface area contributed by atoms with Crippen LogP contribution in [0, 0.1) is 0 Å². The van der Waals surface area contributed by atoms with Crippen molar-refractivity contribution in [2.45, 2.75) is 18.6 Å². The molecule has 1 aromatic heterocycles. The zero-order valence-electron chi connectivity index (χ0n) is 8.98. The van der Waals surface area contributed by atoms with Gasteiger partial charge in [-0.25, -0.2) is 4.98 Å². The van der Waals surface area contributed by atoms with E-state index in [1.54, 1.807) is 6.92 Å². The van der Waals surface area contributed by atoms with Crippen LogP contribution >= 0.6 is 23.2 Å². The van der Waals surface area contributed by atoms with Gasteiger partial charge in [0.15, 0.2) is 0 Å². The Bertz CT molecular complexity index is 378. The van der Waals surface area contributed by atoms with Gasteiger partial charge in [-0.1, -0.05) is 0 Å². The predicted molar refractivity (Wildman–Crippen MR) is 62.7 cm³/mol. The lowest BCUT2D eigenvalue weighted by molar-refractivity contribution is -0.137. The number of hydrogen-bond acceptors (Lipinski definition) is 2. The molecule has 1 N–H and O–H groups in total. The van der Waals surface area contributed by atoms with Gasteiger partial charge in [0.2, 0.25) is 0 Å². The van der Waals surface area contributed by atoms with E-state index in [0.29, 0.717) is 0 Å². The molecule has 0 fully saturated rings. The summed E-state index contributed by atoms with van der Waals surface area (Å²) < 4.78 is 38.1. The minimum atomic E-state index is -4.46. The summed E-state index contributed by atoms with van der Waals surface area (Å²) in [5.41, 5.74) is -1.67. The van der Waals surface area contributed by atoms with Crippen molar-refractivity contribution in [2.75, 3.05) is 17.1 Å². The largest absolute Gasteiger partial charge is 0.419 e. The third-order valence-corrected chi connectivity index (χ3v) is 3.30. The average Bonchev–Trinajstić information content (AvgIpc) is 2.28. The maximum absolute atomic E-state index is 12.7. The molecule has 2 nitrogen and oxygen atoms in total. The highest BCUT2D eigenvalue weighted by atomic mass is 35.5. The van der Waals surface area contributed by atoms with Crippen LogP contribution in [-0.2, 0) is 6.18 Å². The van der Waals surface area contributed by atoms with Crippen LogP contribution in [0.2, 0.25) is 0 Å². The van der Waals surface area contributed by atoms with Gasteiger partial charge in [0.25, 0.3) is 0 Å². The summed E-state index contributed by atoms with van der Waals surface area (Å²) in [5, 5.41) is 2.63. The molecule has 96 valence electrons. The molecule has 0 aliphatic carbocycles. The molecule has 0 aliphatic rings. The second-order valence-electron chi connectivity index (χ2n) is 3.85. The number of nitrogens with one attached hydrogen (secondary N) is 1. The zero-order chi connectivity index (χ0) is 13.1. The van der Waals surface area contributed by atoms with Crippen molar-refractivity contribution in [2.24, 2.45) is 0 Å². The Hall–Kier alpha value is -0.680. The van der Waals surface area contributed by atoms with Crippen molar-refractivity contribution in [3.05, 3.63) is 23.9 Å². The quantitative estimate of drug-likeness (QED) is 0.853. The van der Waals surface area contributed by atoms with Crippen molar-refractivity contribution in [3.8, 4) is 0 Å². The van der Waals surface area contributed by atoms with Gasteiger partial charge in [0.05, 0.1) is 11.1 Å². The van der Waals surface area contributed by atoms with Gasteiger partial charge in [0.1, 0.15) is 5.82 Å². The molecule has 0 saturated carbocycles. The van der Waals surface area contributed by atoms with Crippen LogP contribution in [0.3, 0.4) is 0 Å². The van der Waals surface area contributed by atoms with Gasteiger partial charge in [0, 0.05) is 18.0 Å². The molecule has 7 heteroatoms. The first-order valence-electron chi connectivity index (χ1n) is 4.75. The van der Waals surface area contributed by atoms with Crippen molar-refractivity contribution < 1.29 is 13.2 Å². The van der Waals surface area contributed by atoms with E-state index in [1.165, 1.54) is 12.3 Å². The van der Waals surface area contributed by atoms with Crippen LogP contribution < -0.4 is 5.32 Å². The molecular weight excluding hydrogens is 276 g/mol. The van der Waals surface area contributed by atoms with E-state index in [0.717, 1.165) is 6.07 Å².